The van der Waals surface area contributed by atoms with Crippen LogP contribution in [0.3, 0.4) is 0 Å². The molecule has 1 aromatic carbocycles. The molecule has 1 heterocycles. The Morgan fingerprint density at radius 2 is 2.21 bits per heavy atom. The maximum Gasteiger partial charge on any atom is 0.155 e. The van der Waals surface area contributed by atoms with E-state index in [0.717, 1.165) is 18.7 Å². The maximum atomic E-state index is 12.6. The van der Waals surface area contributed by atoms with Crippen LogP contribution in [0.2, 0.25) is 0 Å². The second-order valence-electron chi connectivity index (χ2n) is 4.93. The molecule has 2 atom stereocenters. The summed E-state index contributed by atoms with van der Waals surface area (Å²) in [6.45, 7) is 4.35. The summed E-state index contributed by atoms with van der Waals surface area (Å²) in [5.74, 6) is 0.236. The van der Waals surface area contributed by atoms with Gasteiger partial charge in [-0.15, -0.1) is 11.8 Å². The highest BCUT2D eigenvalue weighted by molar-refractivity contribution is 8.00. The van der Waals surface area contributed by atoms with Crippen molar-refractivity contribution in [1.82, 2.24) is 5.32 Å². The molecule has 0 spiro atoms. The molecule has 1 aliphatic heterocycles. The van der Waals surface area contributed by atoms with Gasteiger partial charge in [0, 0.05) is 19.5 Å². The Labute approximate surface area is 119 Å². The minimum absolute atomic E-state index is 0.0106. The van der Waals surface area contributed by atoms with Gasteiger partial charge in [-0.05, 0) is 18.7 Å². The predicted octanol–water partition coefficient (Wildman–Crippen LogP) is 2.21. The van der Waals surface area contributed by atoms with Crippen LogP contribution in [0.25, 0.3) is 0 Å². The minimum atomic E-state index is -0.484. The normalized spacial score (nSPS) is 22.7. The average molecular weight is 279 g/mol. The zero-order chi connectivity index (χ0) is 13.7. The fourth-order valence-electron chi connectivity index (χ4n) is 2.30. The van der Waals surface area contributed by atoms with Crippen molar-refractivity contribution >= 4 is 17.5 Å². The number of carbonyl (C=O) groups excluding carboxylic acids is 1. The fraction of sp³-hybridized carbons (Fsp3) is 0.533. The number of Topliss-reactive ketones (excluding diaryl/α,β-unsaturated/α-hetero) is 1. The number of hydrogen-bond donors (Lipinski definition) is 1. The zero-order valence-corrected chi connectivity index (χ0v) is 12.3. The number of ether oxygens (including phenoxy) is 1. The van der Waals surface area contributed by atoms with E-state index in [9.17, 15) is 4.79 Å². The Morgan fingerprint density at radius 1 is 1.47 bits per heavy atom. The van der Waals surface area contributed by atoms with E-state index >= 15 is 0 Å². The zero-order valence-electron chi connectivity index (χ0n) is 11.5. The van der Waals surface area contributed by atoms with Crippen LogP contribution in [0.4, 0.5) is 0 Å². The van der Waals surface area contributed by atoms with Gasteiger partial charge in [0.05, 0.1) is 17.5 Å². The van der Waals surface area contributed by atoms with Crippen molar-refractivity contribution in [2.24, 2.45) is 0 Å². The van der Waals surface area contributed by atoms with Crippen molar-refractivity contribution in [3.63, 3.8) is 0 Å². The summed E-state index contributed by atoms with van der Waals surface area (Å²) >= 11 is 1.60. The number of nitrogens with one attached hydrogen (secondary N) is 1. The molecule has 4 heteroatoms. The lowest BCUT2D eigenvalue weighted by Gasteiger charge is -2.30. The van der Waals surface area contributed by atoms with E-state index in [-0.39, 0.29) is 11.9 Å². The summed E-state index contributed by atoms with van der Waals surface area (Å²) in [5.41, 5.74) is 1.07. The molecule has 0 bridgehead atoms. The Hall–Kier alpha value is -0.840. The molecular weight excluding hydrogens is 258 g/mol. The average Bonchev–Trinajstić information content (AvgIpc) is 2.48. The fourth-order valence-corrected chi connectivity index (χ4v) is 2.98. The second-order valence-corrected chi connectivity index (χ2v) is 6.15. The van der Waals surface area contributed by atoms with Gasteiger partial charge in [-0.3, -0.25) is 4.79 Å². The lowest BCUT2D eigenvalue weighted by molar-refractivity contribution is -0.124. The standard InChI is InChI=1S/C15H21NO2S/c1-15(19-2,12-6-4-3-5-7-12)14(17)10-13-11-16-8-9-18-13/h3-7,13,16H,8-11H2,1-2H3. The number of morpholine rings is 1. The first-order valence-electron chi connectivity index (χ1n) is 6.63. The van der Waals surface area contributed by atoms with Gasteiger partial charge in [0.2, 0.25) is 0 Å². The third kappa shape index (κ3) is 3.38. The molecule has 2 rings (SSSR count). The third-order valence-electron chi connectivity index (χ3n) is 3.68. The van der Waals surface area contributed by atoms with Crippen LogP contribution in [0, 0.1) is 0 Å². The lowest BCUT2D eigenvalue weighted by Crippen LogP contribution is -2.42. The number of carbonyl (C=O) groups is 1. The second kappa shape index (κ2) is 6.55. The molecule has 1 aliphatic rings. The number of rotatable bonds is 5. The van der Waals surface area contributed by atoms with Gasteiger partial charge in [0.25, 0.3) is 0 Å². The molecule has 0 radical (unpaired) electrons. The highest BCUT2D eigenvalue weighted by Gasteiger charge is 2.35. The first-order valence-corrected chi connectivity index (χ1v) is 7.85. The van der Waals surface area contributed by atoms with Crippen molar-refractivity contribution < 1.29 is 9.53 Å². The third-order valence-corrected chi connectivity index (χ3v) is 4.96. The smallest absolute Gasteiger partial charge is 0.155 e. The van der Waals surface area contributed by atoms with Gasteiger partial charge >= 0.3 is 0 Å². The first-order chi connectivity index (χ1) is 9.16. The molecule has 1 fully saturated rings. The number of ketones is 1. The minimum Gasteiger partial charge on any atom is -0.375 e. The molecule has 19 heavy (non-hydrogen) atoms. The van der Waals surface area contributed by atoms with E-state index in [0.29, 0.717) is 13.0 Å². The van der Waals surface area contributed by atoms with Gasteiger partial charge in [-0.1, -0.05) is 30.3 Å². The van der Waals surface area contributed by atoms with E-state index in [2.05, 4.69) is 5.32 Å². The van der Waals surface area contributed by atoms with Crippen LogP contribution in [-0.4, -0.2) is 37.8 Å². The van der Waals surface area contributed by atoms with Crippen molar-refractivity contribution in [3.8, 4) is 0 Å². The van der Waals surface area contributed by atoms with Gasteiger partial charge in [-0.2, -0.15) is 0 Å². The van der Waals surface area contributed by atoms with Gasteiger partial charge in [0.1, 0.15) is 0 Å². The summed E-state index contributed by atoms with van der Waals surface area (Å²) in [4.78, 5) is 12.6. The number of thioether (sulfide) groups is 1. The van der Waals surface area contributed by atoms with Crippen LogP contribution in [-0.2, 0) is 14.3 Å². The van der Waals surface area contributed by atoms with Crippen LogP contribution >= 0.6 is 11.8 Å². The highest BCUT2D eigenvalue weighted by atomic mass is 32.2. The van der Waals surface area contributed by atoms with Crippen molar-refractivity contribution in [1.29, 1.82) is 0 Å². The SMILES string of the molecule is CSC(C)(C(=O)CC1CNCCO1)c1ccccc1. The molecule has 1 aromatic rings. The largest absolute Gasteiger partial charge is 0.375 e. The molecule has 0 amide bonds. The maximum absolute atomic E-state index is 12.6. The molecular formula is C15H21NO2S. The number of benzene rings is 1. The van der Waals surface area contributed by atoms with Crippen molar-refractivity contribution in [2.45, 2.75) is 24.2 Å². The molecule has 104 valence electrons. The van der Waals surface area contributed by atoms with Crippen molar-refractivity contribution in [2.75, 3.05) is 26.0 Å². The molecule has 1 N–H and O–H groups in total. The van der Waals surface area contributed by atoms with E-state index < -0.39 is 4.75 Å². The lowest BCUT2D eigenvalue weighted by atomic mass is 9.92. The van der Waals surface area contributed by atoms with Crippen LogP contribution in [0.5, 0.6) is 0 Å². The Bertz CT molecular complexity index is 417. The highest BCUT2D eigenvalue weighted by Crippen LogP contribution is 2.36. The topological polar surface area (TPSA) is 38.3 Å². The molecule has 2 unspecified atom stereocenters. The summed E-state index contributed by atoms with van der Waals surface area (Å²) in [6, 6.07) is 9.98. The van der Waals surface area contributed by atoms with Gasteiger partial charge < -0.3 is 10.1 Å². The summed E-state index contributed by atoms with van der Waals surface area (Å²) < 4.78 is 5.15. The first kappa shape index (κ1) is 14.6. The van der Waals surface area contributed by atoms with Gasteiger partial charge in [0.15, 0.2) is 5.78 Å². The quantitative estimate of drug-likeness (QED) is 0.897. The Morgan fingerprint density at radius 3 is 2.79 bits per heavy atom. The predicted molar refractivity (Wildman–Crippen MR) is 79.5 cm³/mol. The Kier molecular flexibility index (Phi) is 5.02. The monoisotopic (exact) mass is 279 g/mol. The summed E-state index contributed by atoms with van der Waals surface area (Å²) in [7, 11) is 0. The van der Waals surface area contributed by atoms with E-state index in [4.69, 9.17) is 4.74 Å². The molecule has 0 aliphatic carbocycles. The van der Waals surface area contributed by atoms with E-state index in [1.807, 2.05) is 43.5 Å². The molecule has 1 saturated heterocycles. The van der Waals surface area contributed by atoms with E-state index in [1.165, 1.54) is 0 Å². The van der Waals surface area contributed by atoms with E-state index in [1.54, 1.807) is 11.8 Å². The molecule has 3 nitrogen and oxygen atoms in total. The molecule has 0 saturated carbocycles. The van der Waals surface area contributed by atoms with Crippen LogP contribution in [0.1, 0.15) is 18.9 Å². The summed E-state index contributed by atoms with van der Waals surface area (Å²) in [6.07, 6.45) is 2.47. The summed E-state index contributed by atoms with van der Waals surface area (Å²) in [5, 5.41) is 3.27. The Balaban J connectivity index is 2.09. The van der Waals surface area contributed by atoms with Crippen LogP contribution < -0.4 is 5.32 Å². The number of hydrogen-bond acceptors (Lipinski definition) is 4. The molecule has 0 aromatic heterocycles. The van der Waals surface area contributed by atoms with Crippen LogP contribution in [0.15, 0.2) is 30.3 Å². The van der Waals surface area contributed by atoms with Crippen molar-refractivity contribution in [3.05, 3.63) is 35.9 Å². The van der Waals surface area contributed by atoms with Gasteiger partial charge in [-0.25, -0.2) is 0 Å².